The van der Waals surface area contributed by atoms with Gasteiger partial charge in [0.25, 0.3) is 0 Å². The van der Waals surface area contributed by atoms with Gasteiger partial charge < -0.3 is 35.2 Å². The second kappa shape index (κ2) is 10.1. The molecule has 0 aromatic heterocycles. The van der Waals surface area contributed by atoms with Gasteiger partial charge in [0.15, 0.2) is 17.9 Å². The van der Waals surface area contributed by atoms with Crippen LogP contribution in [0.2, 0.25) is 0 Å². The number of aliphatic hydroxyl groups is 2. The predicted molar refractivity (Wildman–Crippen MR) is 133 cm³/mol. The third kappa shape index (κ3) is 4.86. The summed E-state index contributed by atoms with van der Waals surface area (Å²) in [6.07, 6.45) is -11.0. The van der Waals surface area contributed by atoms with E-state index in [1.165, 1.54) is 19.1 Å². The Labute approximate surface area is 231 Å². The Balaban J connectivity index is 1.55. The SMILES string of the molecule is CCC1(O)Cc2c(O)c3c(c(O)c2[C@@H](O[C@H]2C[C@H](NC(=O)C(F)(F)F)[C@@H](O)[C@@H](C)O2)C1)C(=O)c1ccccc1C3=O. The maximum Gasteiger partial charge on any atom is 0.471 e. The van der Waals surface area contributed by atoms with E-state index in [1.54, 1.807) is 24.4 Å². The van der Waals surface area contributed by atoms with Gasteiger partial charge in [0.05, 0.1) is 35.0 Å². The molecule has 2 aliphatic carbocycles. The number of nitrogens with one attached hydrogen (secondary N) is 1. The minimum atomic E-state index is -5.19. The molecule has 1 aliphatic heterocycles. The Bertz CT molecular complexity index is 1440. The number of aliphatic hydroxyl groups excluding tert-OH is 1. The Kier molecular flexibility index (Phi) is 7.13. The number of ether oxygens (including phenoxy) is 2. The summed E-state index contributed by atoms with van der Waals surface area (Å²) in [5.41, 5.74) is -2.34. The number of carbonyl (C=O) groups excluding carboxylic acids is 3. The standard InChI is InChI=1S/C28H28F3NO9/c1-3-27(39)9-14-18(25(37)20-19(24(14)36)22(34)12-6-4-5-7-13(12)23(20)35)16(10-27)41-17-8-15(21(33)11(2)40-17)32-26(38)28(29,30)31/h4-7,11,15-17,21,33,36-37,39H,3,8-10H2,1-2H3,(H,32,38)/t11-,15+,16+,17+,21+,27?/m1/s1. The monoisotopic (exact) mass is 579 g/mol. The Morgan fingerprint density at radius 2 is 1.71 bits per heavy atom. The molecule has 10 nitrogen and oxygen atoms in total. The summed E-state index contributed by atoms with van der Waals surface area (Å²) in [6.45, 7) is 3.03. The molecule has 0 bridgehead atoms. The maximum absolute atomic E-state index is 13.4. The summed E-state index contributed by atoms with van der Waals surface area (Å²) in [6, 6.07) is 4.52. The number of phenolic OH excluding ortho intramolecular Hbond substituents is 2. The molecular weight excluding hydrogens is 551 g/mol. The molecule has 0 spiro atoms. The van der Waals surface area contributed by atoms with Gasteiger partial charge in [-0.2, -0.15) is 13.2 Å². The van der Waals surface area contributed by atoms with E-state index in [2.05, 4.69) is 0 Å². The van der Waals surface area contributed by atoms with E-state index >= 15 is 0 Å². The van der Waals surface area contributed by atoms with Gasteiger partial charge in [-0.25, -0.2) is 0 Å². The van der Waals surface area contributed by atoms with Crippen LogP contribution in [0.4, 0.5) is 13.2 Å². The fourth-order valence-electron chi connectivity index (χ4n) is 5.86. The van der Waals surface area contributed by atoms with Crippen molar-refractivity contribution >= 4 is 17.5 Å². The highest BCUT2D eigenvalue weighted by Crippen LogP contribution is 2.52. The lowest BCUT2D eigenvalue weighted by Crippen LogP contribution is -2.57. The van der Waals surface area contributed by atoms with Crippen LogP contribution >= 0.6 is 0 Å². The highest BCUT2D eigenvalue weighted by molar-refractivity contribution is 6.30. The molecule has 5 rings (SSSR count). The van der Waals surface area contributed by atoms with Crippen molar-refractivity contribution in [1.29, 1.82) is 0 Å². The number of benzene rings is 2. The van der Waals surface area contributed by atoms with Gasteiger partial charge in [-0.05, 0) is 13.3 Å². The number of amides is 1. The van der Waals surface area contributed by atoms with E-state index < -0.39 is 88.9 Å². The number of ketones is 2. The fourth-order valence-corrected chi connectivity index (χ4v) is 5.86. The number of aromatic hydroxyl groups is 2. The van der Waals surface area contributed by atoms with E-state index in [0.717, 1.165) is 0 Å². The van der Waals surface area contributed by atoms with Gasteiger partial charge in [-0.3, -0.25) is 14.4 Å². The summed E-state index contributed by atoms with van der Waals surface area (Å²) in [5, 5.41) is 46.1. The summed E-state index contributed by atoms with van der Waals surface area (Å²) in [4.78, 5) is 38.3. The first-order chi connectivity index (χ1) is 19.2. The number of halogens is 3. The quantitative estimate of drug-likeness (QED) is 0.293. The van der Waals surface area contributed by atoms with Gasteiger partial charge in [0.2, 0.25) is 0 Å². The number of rotatable bonds is 4. The van der Waals surface area contributed by atoms with Crippen molar-refractivity contribution in [2.75, 3.05) is 0 Å². The molecule has 2 aromatic carbocycles. The number of alkyl halides is 3. The second-order valence-corrected chi connectivity index (χ2v) is 10.7. The molecule has 220 valence electrons. The van der Waals surface area contributed by atoms with Gasteiger partial charge in [0, 0.05) is 41.5 Å². The van der Waals surface area contributed by atoms with Crippen LogP contribution in [0.25, 0.3) is 0 Å². The van der Waals surface area contributed by atoms with Gasteiger partial charge in [0.1, 0.15) is 17.6 Å². The molecule has 1 unspecified atom stereocenters. The summed E-state index contributed by atoms with van der Waals surface area (Å²) < 4.78 is 50.3. The molecular formula is C28H28F3NO9. The molecule has 3 aliphatic rings. The Hall–Kier alpha value is -3.52. The summed E-state index contributed by atoms with van der Waals surface area (Å²) >= 11 is 0. The highest BCUT2D eigenvalue weighted by Gasteiger charge is 2.48. The molecule has 13 heteroatoms. The van der Waals surface area contributed by atoms with E-state index in [-0.39, 0.29) is 41.5 Å². The molecule has 41 heavy (non-hydrogen) atoms. The molecule has 1 fully saturated rings. The van der Waals surface area contributed by atoms with Crippen molar-refractivity contribution in [3.8, 4) is 11.5 Å². The lowest BCUT2D eigenvalue weighted by atomic mass is 9.72. The number of phenols is 2. The maximum atomic E-state index is 13.4. The first kappa shape index (κ1) is 29.0. The van der Waals surface area contributed by atoms with E-state index in [0.29, 0.717) is 0 Å². The minimum absolute atomic E-state index is 0.0202. The number of carbonyl (C=O) groups is 3. The molecule has 1 saturated heterocycles. The van der Waals surface area contributed by atoms with E-state index in [1.807, 2.05) is 0 Å². The normalized spacial score (nSPS) is 29.4. The fraction of sp³-hybridized carbons (Fsp3) is 0.464. The van der Waals surface area contributed by atoms with Gasteiger partial charge in [-0.15, -0.1) is 0 Å². The van der Waals surface area contributed by atoms with E-state index in [4.69, 9.17) is 9.47 Å². The van der Waals surface area contributed by atoms with Gasteiger partial charge >= 0.3 is 12.1 Å². The molecule has 1 amide bonds. The van der Waals surface area contributed by atoms with Crippen molar-refractivity contribution in [2.24, 2.45) is 0 Å². The van der Waals surface area contributed by atoms with Crippen molar-refractivity contribution in [3.63, 3.8) is 0 Å². The molecule has 2 aromatic rings. The first-order valence-electron chi connectivity index (χ1n) is 13.0. The second-order valence-electron chi connectivity index (χ2n) is 10.7. The van der Waals surface area contributed by atoms with Crippen molar-refractivity contribution in [1.82, 2.24) is 5.32 Å². The summed E-state index contributed by atoms with van der Waals surface area (Å²) in [7, 11) is 0. The molecule has 6 atom stereocenters. The third-order valence-corrected chi connectivity index (χ3v) is 8.11. The smallest absolute Gasteiger partial charge is 0.471 e. The largest absolute Gasteiger partial charge is 0.507 e. The lowest BCUT2D eigenvalue weighted by molar-refractivity contribution is -0.251. The number of fused-ring (bicyclic) bond motifs is 3. The third-order valence-electron chi connectivity index (χ3n) is 8.11. The zero-order valence-corrected chi connectivity index (χ0v) is 22.0. The molecule has 1 heterocycles. The lowest BCUT2D eigenvalue weighted by Gasteiger charge is -2.43. The average Bonchev–Trinajstić information content (AvgIpc) is 2.91. The van der Waals surface area contributed by atoms with Gasteiger partial charge in [-0.1, -0.05) is 31.2 Å². The van der Waals surface area contributed by atoms with Crippen LogP contribution in [0.5, 0.6) is 11.5 Å². The van der Waals surface area contributed by atoms with Crippen LogP contribution in [0.1, 0.15) is 82.2 Å². The van der Waals surface area contributed by atoms with Crippen LogP contribution in [-0.2, 0) is 20.7 Å². The van der Waals surface area contributed by atoms with Crippen LogP contribution in [0.15, 0.2) is 24.3 Å². The van der Waals surface area contributed by atoms with Crippen molar-refractivity contribution in [2.45, 2.75) is 82.0 Å². The van der Waals surface area contributed by atoms with Crippen molar-refractivity contribution < 1.29 is 57.5 Å². The zero-order chi connectivity index (χ0) is 30.0. The summed E-state index contributed by atoms with van der Waals surface area (Å²) in [5.74, 6) is -4.87. The first-order valence-corrected chi connectivity index (χ1v) is 13.0. The van der Waals surface area contributed by atoms with Crippen LogP contribution in [0.3, 0.4) is 0 Å². The Morgan fingerprint density at radius 1 is 1.12 bits per heavy atom. The van der Waals surface area contributed by atoms with Crippen molar-refractivity contribution in [3.05, 3.63) is 57.6 Å². The minimum Gasteiger partial charge on any atom is -0.507 e. The predicted octanol–water partition coefficient (Wildman–Crippen LogP) is 2.56. The molecule has 0 saturated carbocycles. The Morgan fingerprint density at radius 3 is 2.27 bits per heavy atom. The van der Waals surface area contributed by atoms with Crippen LogP contribution < -0.4 is 5.32 Å². The molecule has 0 radical (unpaired) electrons. The zero-order valence-electron chi connectivity index (χ0n) is 22.0. The van der Waals surface area contributed by atoms with Crippen LogP contribution in [0, 0.1) is 0 Å². The number of hydrogen-bond acceptors (Lipinski definition) is 9. The average molecular weight is 580 g/mol. The molecule has 5 N–H and O–H groups in total. The van der Waals surface area contributed by atoms with E-state index in [9.17, 15) is 48.0 Å². The highest BCUT2D eigenvalue weighted by atomic mass is 19.4. The van der Waals surface area contributed by atoms with Crippen LogP contribution in [-0.4, -0.2) is 74.2 Å². The topological polar surface area (TPSA) is 163 Å². The number of hydrogen-bond donors (Lipinski definition) is 5.